The third-order valence-electron chi connectivity index (χ3n) is 3.78. The predicted octanol–water partition coefficient (Wildman–Crippen LogP) is 3.47. The topological polar surface area (TPSA) is 55.8 Å². The van der Waals surface area contributed by atoms with Crippen LogP contribution in [-0.4, -0.2) is 38.1 Å². The molecule has 1 aliphatic heterocycles. The number of nitrogens with zero attached hydrogens (tertiary/aromatic N) is 1. The van der Waals surface area contributed by atoms with E-state index in [-0.39, 0.29) is 12.4 Å². The molecular formula is C17H22ClNO4. The van der Waals surface area contributed by atoms with Crippen molar-refractivity contribution in [3.63, 3.8) is 0 Å². The van der Waals surface area contributed by atoms with Gasteiger partial charge < -0.3 is 14.4 Å². The van der Waals surface area contributed by atoms with Gasteiger partial charge >= 0.3 is 5.97 Å². The second kappa shape index (κ2) is 8.20. The first-order valence-corrected chi connectivity index (χ1v) is 8.28. The molecule has 1 fully saturated rings. The molecule has 1 aromatic carbocycles. The molecule has 1 heterocycles. The number of benzene rings is 1. The highest BCUT2D eigenvalue weighted by Crippen LogP contribution is 2.35. The molecule has 0 bridgehead atoms. The number of hydrogen-bond donors (Lipinski definition) is 0. The van der Waals surface area contributed by atoms with Gasteiger partial charge in [-0.2, -0.15) is 0 Å². The van der Waals surface area contributed by atoms with Crippen molar-refractivity contribution in [3.05, 3.63) is 22.7 Å². The Morgan fingerprint density at radius 2 is 1.91 bits per heavy atom. The van der Waals surface area contributed by atoms with Crippen LogP contribution in [0.1, 0.15) is 43.5 Å². The first-order chi connectivity index (χ1) is 11.0. The zero-order chi connectivity index (χ0) is 16.8. The summed E-state index contributed by atoms with van der Waals surface area (Å²) in [5.74, 6) is -0.247. The Hall–Kier alpha value is -1.75. The number of ketones is 1. The Labute approximate surface area is 141 Å². The van der Waals surface area contributed by atoms with Crippen molar-refractivity contribution in [1.29, 1.82) is 0 Å². The van der Waals surface area contributed by atoms with E-state index in [2.05, 4.69) is 4.90 Å². The highest BCUT2D eigenvalue weighted by Gasteiger charge is 2.19. The van der Waals surface area contributed by atoms with E-state index < -0.39 is 5.97 Å². The Morgan fingerprint density at radius 3 is 2.52 bits per heavy atom. The van der Waals surface area contributed by atoms with Crippen LogP contribution in [0, 0.1) is 0 Å². The minimum Gasteiger partial charge on any atom is -0.481 e. The van der Waals surface area contributed by atoms with Crippen molar-refractivity contribution in [2.24, 2.45) is 0 Å². The molecule has 0 amide bonds. The third kappa shape index (κ3) is 4.61. The molecule has 0 radical (unpaired) electrons. The summed E-state index contributed by atoms with van der Waals surface area (Å²) in [6, 6.07) is 3.37. The lowest BCUT2D eigenvalue weighted by atomic mass is 10.1. The second-order valence-electron chi connectivity index (χ2n) is 5.50. The van der Waals surface area contributed by atoms with Crippen LogP contribution in [0.2, 0.25) is 5.02 Å². The molecule has 126 valence electrons. The van der Waals surface area contributed by atoms with Crippen molar-refractivity contribution < 1.29 is 19.1 Å². The van der Waals surface area contributed by atoms with E-state index in [1.807, 2.05) is 0 Å². The van der Waals surface area contributed by atoms with E-state index in [0.717, 1.165) is 31.6 Å². The fourth-order valence-corrected chi connectivity index (χ4v) is 2.94. The SMILES string of the molecule is CCOC(=O)COc1cc(N2CCCCC2)c(Cl)cc1C(C)=O. The zero-order valence-electron chi connectivity index (χ0n) is 13.6. The fourth-order valence-electron chi connectivity index (χ4n) is 2.65. The number of ether oxygens (including phenoxy) is 2. The molecule has 0 aliphatic carbocycles. The van der Waals surface area contributed by atoms with Crippen LogP contribution in [-0.2, 0) is 9.53 Å². The number of piperidine rings is 1. The van der Waals surface area contributed by atoms with Crippen LogP contribution in [0.15, 0.2) is 12.1 Å². The summed E-state index contributed by atoms with van der Waals surface area (Å²) in [7, 11) is 0. The van der Waals surface area contributed by atoms with Crippen LogP contribution < -0.4 is 9.64 Å². The number of rotatable bonds is 6. The molecular weight excluding hydrogens is 318 g/mol. The van der Waals surface area contributed by atoms with Crippen LogP contribution in [0.3, 0.4) is 0 Å². The van der Waals surface area contributed by atoms with E-state index in [0.29, 0.717) is 22.9 Å². The van der Waals surface area contributed by atoms with Gasteiger partial charge in [-0.15, -0.1) is 0 Å². The predicted molar refractivity (Wildman–Crippen MR) is 89.6 cm³/mol. The molecule has 0 unspecified atom stereocenters. The summed E-state index contributed by atoms with van der Waals surface area (Å²) < 4.78 is 10.4. The van der Waals surface area contributed by atoms with Gasteiger partial charge in [-0.3, -0.25) is 4.79 Å². The Balaban J connectivity index is 2.25. The molecule has 1 aliphatic rings. The van der Waals surface area contributed by atoms with Gasteiger partial charge in [-0.25, -0.2) is 4.79 Å². The number of anilines is 1. The third-order valence-corrected chi connectivity index (χ3v) is 4.08. The van der Waals surface area contributed by atoms with Crippen molar-refractivity contribution in [2.75, 3.05) is 31.2 Å². The Bertz CT molecular complexity index is 582. The monoisotopic (exact) mass is 339 g/mol. The zero-order valence-corrected chi connectivity index (χ0v) is 14.3. The van der Waals surface area contributed by atoms with Gasteiger partial charge in [0.2, 0.25) is 0 Å². The van der Waals surface area contributed by atoms with E-state index in [4.69, 9.17) is 21.1 Å². The minimum atomic E-state index is -0.462. The van der Waals surface area contributed by atoms with Gasteiger partial charge in [0.25, 0.3) is 0 Å². The molecule has 0 spiro atoms. The summed E-state index contributed by atoms with van der Waals surface area (Å²) in [6.45, 7) is 5.10. The average Bonchev–Trinajstić information content (AvgIpc) is 2.54. The maximum atomic E-state index is 11.8. The largest absolute Gasteiger partial charge is 0.481 e. The molecule has 1 aromatic rings. The van der Waals surface area contributed by atoms with Gasteiger partial charge in [-0.05, 0) is 39.2 Å². The smallest absolute Gasteiger partial charge is 0.344 e. The Kier molecular flexibility index (Phi) is 6.28. The lowest BCUT2D eigenvalue weighted by molar-refractivity contribution is -0.145. The summed E-state index contributed by atoms with van der Waals surface area (Å²) in [5, 5.41) is 0.528. The van der Waals surface area contributed by atoms with Crippen LogP contribution in [0.4, 0.5) is 5.69 Å². The van der Waals surface area contributed by atoms with Crippen LogP contribution in [0.5, 0.6) is 5.75 Å². The van der Waals surface area contributed by atoms with Crippen molar-refractivity contribution in [1.82, 2.24) is 0 Å². The summed E-state index contributed by atoms with van der Waals surface area (Å²) >= 11 is 6.35. The molecule has 5 nitrogen and oxygen atoms in total. The number of esters is 1. The van der Waals surface area contributed by atoms with Gasteiger partial charge in [0, 0.05) is 19.2 Å². The van der Waals surface area contributed by atoms with E-state index in [1.54, 1.807) is 19.1 Å². The number of Topliss-reactive ketones (excluding diaryl/α,β-unsaturated/α-hetero) is 1. The normalized spacial score (nSPS) is 14.5. The lowest BCUT2D eigenvalue weighted by Crippen LogP contribution is -2.29. The molecule has 2 rings (SSSR count). The van der Waals surface area contributed by atoms with Crippen molar-refractivity contribution >= 4 is 29.0 Å². The van der Waals surface area contributed by atoms with Gasteiger partial charge in [0.05, 0.1) is 22.9 Å². The number of carbonyl (C=O) groups is 2. The Morgan fingerprint density at radius 1 is 1.22 bits per heavy atom. The minimum absolute atomic E-state index is 0.157. The van der Waals surface area contributed by atoms with Crippen LogP contribution >= 0.6 is 11.6 Å². The maximum absolute atomic E-state index is 11.8. The molecule has 0 saturated carbocycles. The van der Waals surface area contributed by atoms with Gasteiger partial charge in [-0.1, -0.05) is 11.6 Å². The first-order valence-electron chi connectivity index (χ1n) is 7.90. The first kappa shape index (κ1) is 17.6. The molecule has 23 heavy (non-hydrogen) atoms. The highest BCUT2D eigenvalue weighted by molar-refractivity contribution is 6.33. The molecule has 1 saturated heterocycles. The molecule has 0 atom stereocenters. The maximum Gasteiger partial charge on any atom is 0.344 e. The van der Waals surface area contributed by atoms with Crippen molar-refractivity contribution in [3.8, 4) is 5.75 Å². The quantitative estimate of drug-likeness (QED) is 0.586. The number of halogens is 1. The highest BCUT2D eigenvalue weighted by atomic mass is 35.5. The summed E-state index contributed by atoms with van der Waals surface area (Å²) in [4.78, 5) is 25.5. The summed E-state index contributed by atoms with van der Waals surface area (Å²) in [6.07, 6.45) is 3.44. The molecule has 0 aromatic heterocycles. The van der Waals surface area contributed by atoms with Crippen LogP contribution in [0.25, 0.3) is 0 Å². The standard InChI is InChI=1S/C17H22ClNO4/c1-3-22-17(21)11-23-16-10-15(19-7-5-4-6-8-19)14(18)9-13(16)12(2)20/h9-10H,3-8,11H2,1-2H3. The molecule has 0 N–H and O–H groups in total. The fraction of sp³-hybridized carbons (Fsp3) is 0.529. The second-order valence-corrected chi connectivity index (χ2v) is 5.90. The average molecular weight is 340 g/mol. The van der Waals surface area contributed by atoms with E-state index >= 15 is 0 Å². The van der Waals surface area contributed by atoms with E-state index in [9.17, 15) is 9.59 Å². The van der Waals surface area contributed by atoms with E-state index in [1.165, 1.54) is 13.3 Å². The van der Waals surface area contributed by atoms with Crippen molar-refractivity contribution in [2.45, 2.75) is 33.1 Å². The number of carbonyl (C=O) groups excluding carboxylic acids is 2. The lowest BCUT2D eigenvalue weighted by Gasteiger charge is -2.30. The number of hydrogen-bond acceptors (Lipinski definition) is 5. The summed E-state index contributed by atoms with van der Waals surface area (Å²) in [5.41, 5.74) is 1.22. The van der Waals surface area contributed by atoms with Gasteiger partial charge in [0.1, 0.15) is 5.75 Å². The molecule has 6 heteroatoms. The van der Waals surface area contributed by atoms with Gasteiger partial charge in [0.15, 0.2) is 12.4 Å².